The molecule has 0 bridgehead atoms. The Bertz CT molecular complexity index is 988. The SMILES string of the molecule is Cn1ncc(C2CC2)c1CNC(=O)N[C@@H]1C[C@H]1c1cnn(-c2ccccc2)c1. The summed E-state index contributed by atoms with van der Waals surface area (Å²) in [5.74, 6) is 0.962. The number of nitrogens with one attached hydrogen (secondary N) is 2. The van der Waals surface area contributed by atoms with Gasteiger partial charge in [-0.3, -0.25) is 4.68 Å². The standard InChI is InChI=1S/C21H24N6O/c1-26-20(18(11-23-26)14-7-8-14)12-22-21(28)25-19-9-17(19)15-10-24-27(13-15)16-5-3-2-4-6-16/h2-6,10-11,13-14,17,19H,7-9,12H2,1H3,(H2,22,25,28)/t17-,19+/m0/s1. The minimum absolute atomic E-state index is 0.120. The van der Waals surface area contributed by atoms with Crippen molar-refractivity contribution < 1.29 is 4.79 Å². The summed E-state index contributed by atoms with van der Waals surface area (Å²) >= 11 is 0. The first-order valence-electron chi connectivity index (χ1n) is 9.84. The van der Waals surface area contributed by atoms with Gasteiger partial charge in [-0.1, -0.05) is 18.2 Å². The summed E-state index contributed by atoms with van der Waals surface area (Å²) in [6.45, 7) is 0.511. The van der Waals surface area contributed by atoms with Crippen LogP contribution in [0.15, 0.2) is 48.9 Å². The second-order valence-corrected chi connectivity index (χ2v) is 7.77. The fraction of sp³-hybridized carbons (Fsp3) is 0.381. The van der Waals surface area contributed by atoms with Gasteiger partial charge in [0.2, 0.25) is 0 Å². The van der Waals surface area contributed by atoms with Gasteiger partial charge in [0.25, 0.3) is 0 Å². The van der Waals surface area contributed by atoms with Gasteiger partial charge < -0.3 is 10.6 Å². The van der Waals surface area contributed by atoms with Crippen molar-refractivity contribution >= 4 is 6.03 Å². The molecular weight excluding hydrogens is 352 g/mol. The van der Waals surface area contributed by atoms with E-state index in [2.05, 4.69) is 27.0 Å². The van der Waals surface area contributed by atoms with Gasteiger partial charge >= 0.3 is 6.03 Å². The van der Waals surface area contributed by atoms with Gasteiger partial charge in [-0.15, -0.1) is 0 Å². The van der Waals surface area contributed by atoms with Gasteiger partial charge in [0, 0.05) is 25.2 Å². The molecule has 0 radical (unpaired) electrons. The van der Waals surface area contributed by atoms with E-state index in [1.54, 1.807) is 0 Å². The highest BCUT2D eigenvalue weighted by atomic mass is 16.2. The number of urea groups is 1. The Hall–Kier alpha value is -3.09. The van der Waals surface area contributed by atoms with E-state index in [0.29, 0.717) is 18.4 Å². The Kier molecular flexibility index (Phi) is 4.15. The number of nitrogens with zero attached hydrogens (tertiary/aromatic N) is 4. The lowest BCUT2D eigenvalue weighted by molar-refractivity contribution is 0.239. The number of aryl methyl sites for hydroxylation is 1. The molecule has 144 valence electrons. The minimum atomic E-state index is -0.120. The first kappa shape index (κ1) is 17.0. The number of hydrogen-bond acceptors (Lipinski definition) is 3. The zero-order chi connectivity index (χ0) is 19.1. The van der Waals surface area contributed by atoms with Crippen molar-refractivity contribution in [2.75, 3.05) is 0 Å². The van der Waals surface area contributed by atoms with Crippen LogP contribution in [0.1, 0.15) is 47.9 Å². The lowest BCUT2D eigenvalue weighted by Crippen LogP contribution is -2.37. The smallest absolute Gasteiger partial charge is 0.315 e. The third-order valence-electron chi connectivity index (χ3n) is 5.69. The van der Waals surface area contributed by atoms with Crippen molar-refractivity contribution in [1.82, 2.24) is 30.2 Å². The van der Waals surface area contributed by atoms with Gasteiger partial charge in [-0.05, 0) is 48.4 Å². The monoisotopic (exact) mass is 376 g/mol. The van der Waals surface area contributed by atoms with Crippen LogP contribution in [0, 0.1) is 0 Å². The van der Waals surface area contributed by atoms with E-state index in [4.69, 9.17) is 0 Å². The molecule has 2 saturated carbocycles. The van der Waals surface area contributed by atoms with E-state index < -0.39 is 0 Å². The summed E-state index contributed by atoms with van der Waals surface area (Å²) in [7, 11) is 1.93. The third-order valence-corrected chi connectivity index (χ3v) is 5.69. The molecule has 2 amide bonds. The molecule has 0 spiro atoms. The molecule has 2 aliphatic rings. The van der Waals surface area contributed by atoms with Gasteiger partial charge in [-0.2, -0.15) is 10.2 Å². The number of hydrogen-bond donors (Lipinski definition) is 2. The molecule has 2 aliphatic carbocycles. The predicted molar refractivity (Wildman–Crippen MR) is 105 cm³/mol. The van der Waals surface area contributed by atoms with Crippen LogP contribution in [-0.4, -0.2) is 31.6 Å². The molecular formula is C21H24N6O. The van der Waals surface area contributed by atoms with Gasteiger partial charge in [0.1, 0.15) is 0 Å². The van der Waals surface area contributed by atoms with E-state index in [0.717, 1.165) is 23.4 Å². The van der Waals surface area contributed by atoms with Gasteiger partial charge in [0.05, 0.1) is 30.3 Å². The second kappa shape index (κ2) is 6.82. The van der Waals surface area contributed by atoms with Crippen LogP contribution in [-0.2, 0) is 13.6 Å². The maximum absolute atomic E-state index is 12.3. The summed E-state index contributed by atoms with van der Waals surface area (Å²) in [4.78, 5) is 12.3. The molecule has 2 atom stereocenters. The average molecular weight is 376 g/mol. The molecule has 5 rings (SSSR count). The van der Waals surface area contributed by atoms with E-state index in [9.17, 15) is 4.79 Å². The van der Waals surface area contributed by atoms with Crippen molar-refractivity contribution in [3.8, 4) is 5.69 Å². The number of rotatable bonds is 6. The summed E-state index contributed by atoms with van der Waals surface area (Å²) in [5, 5.41) is 14.9. The highest BCUT2D eigenvalue weighted by Crippen LogP contribution is 2.42. The number of amides is 2. The number of para-hydroxylation sites is 1. The Labute approximate surface area is 163 Å². The van der Waals surface area contributed by atoms with Crippen LogP contribution in [0.2, 0.25) is 0 Å². The average Bonchev–Trinajstić information content (AvgIpc) is 3.61. The Morgan fingerprint density at radius 3 is 2.79 bits per heavy atom. The van der Waals surface area contributed by atoms with Crippen molar-refractivity contribution in [2.24, 2.45) is 7.05 Å². The first-order chi connectivity index (χ1) is 13.7. The summed E-state index contributed by atoms with van der Waals surface area (Å²) in [6, 6.07) is 10.1. The quantitative estimate of drug-likeness (QED) is 0.694. The molecule has 28 heavy (non-hydrogen) atoms. The fourth-order valence-electron chi connectivity index (χ4n) is 3.79. The largest absolute Gasteiger partial charge is 0.335 e. The lowest BCUT2D eigenvalue weighted by atomic mass is 10.1. The maximum atomic E-state index is 12.3. The number of aromatic nitrogens is 4. The molecule has 7 heteroatoms. The zero-order valence-electron chi connectivity index (χ0n) is 15.9. The molecule has 0 saturated heterocycles. The molecule has 0 unspecified atom stereocenters. The van der Waals surface area contributed by atoms with Gasteiger partial charge in [-0.25, -0.2) is 9.48 Å². The Morgan fingerprint density at radius 1 is 1.18 bits per heavy atom. The van der Waals surface area contributed by atoms with E-state index >= 15 is 0 Å². The third kappa shape index (κ3) is 3.40. The van der Waals surface area contributed by atoms with Crippen LogP contribution in [0.3, 0.4) is 0 Å². The summed E-state index contributed by atoms with van der Waals surface area (Å²) in [5.41, 5.74) is 4.59. The van der Waals surface area contributed by atoms with Crippen molar-refractivity contribution in [3.05, 3.63) is 65.7 Å². The summed E-state index contributed by atoms with van der Waals surface area (Å²) in [6.07, 6.45) is 9.30. The first-order valence-corrected chi connectivity index (χ1v) is 9.84. The number of benzene rings is 1. The topological polar surface area (TPSA) is 76.8 Å². The van der Waals surface area contributed by atoms with Crippen molar-refractivity contribution in [1.29, 1.82) is 0 Å². The molecule has 0 aliphatic heterocycles. The van der Waals surface area contributed by atoms with Crippen LogP contribution in [0.25, 0.3) is 5.69 Å². The van der Waals surface area contributed by atoms with Crippen LogP contribution in [0.4, 0.5) is 4.79 Å². The number of carbonyl (C=O) groups is 1. The van der Waals surface area contributed by atoms with Crippen molar-refractivity contribution in [3.63, 3.8) is 0 Å². The normalized spacial score (nSPS) is 20.8. The summed E-state index contributed by atoms with van der Waals surface area (Å²) < 4.78 is 3.75. The maximum Gasteiger partial charge on any atom is 0.315 e. The fourth-order valence-corrected chi connectivity index (χ4v) is 3.79. The highest BCUT2D eigenvalue weighted by Gasteiger charge is 2.40. The van der Waals surface area contributed by atoms with E-state index in [-0.39, 0.29) is 12.1 Å². The molecule has 2 heterocycles. The zero-order valence-corrected chi connectivity index (χ0v) is 15.9. The molecule has 1 aromatic carbocycles. The Balaban J connectivity index is 1.15. The lowest BCUT2D eigenvalue weighted by Gasteiger charge is -2.09. The van der Waals surface area contributed by atoms with E-state index in [1.165, 1.54) is 18.4 Å². The Morgan fingerprint density at radius 2 is 2.00 bits per heavy atom. The molecule has 2 fully saturated rings. The van der Waals surface area contributed by atoms with Crippen LogP contribution >= 0.6 is 0 Å². The highest BCUT2D eigenvalue weighted by molar-refractivity contribution is 5.75. The van der Waals surface area contributed by atoms with Crippen molar-refractivity contribution in [2.45, 2.75) is 43.7 Å². The predicted octanol–water partition coefficient (Wildman–Crippen LogP) is 2.84. The van der Waals surface area contributed by atoms with Crippen LogP contribution in [0.5, 0.6) is 0 Å². The molecule has 3 aromatic rings. The van der Waals surface area contributed by atoms with Gasteiger partial charge in [0.15, 0.2) is 0 Å². The van der Waals surface area contributed by atoms with Crippen LogP contribution < -0.4 is 10.6 Å². The molecule has 2 N–H and O–H groups in total. The molecule has 7 nitrogen and oxygen atoms in total. The minimum Gasteiger partial charge on any atom is -0.335 e. The van der Waals surface area contributed by atoms with E-state index in [1.807, 2.05) is 59.1 Å². The molecule has 2 aromatic heterocycles. The number of carbonyl (C=O) groups excluding carboxylic acids is 1. The second-order valence-electron chi connectivity index (χ2n) is 7.77.